The van der Waals surface area contributed by atoms with Crippen molar-refractivity contribution in [1.29, 1.82) is 0 Å². The number of nitrogens with one attached hydrogen (secondary N) is 2. The van der Waals surface area contributed by atoms with Gasteiger partial charge in [0.15, 0.2) is 0 Å². The number of amides is 2. The Labute approximate surface area is 157 Å². The Bertz CT molecular complexity index is 827. The molecule has 2 amide bonds. The Morgan fingerprint density at radius 3 is 2.20 bits per heavy atom. The van der Waals surface area contributed by atoms with Gasteiger partial charge in [-0.2, -0.15) is 0 Å². The molecule has 0 radical (unpaired) electrons. The van der Waals surface area contributed by atoms with Crippen LogP contribution in [0.25, 0.3) is 0 Å². The van der Waals surface area contributed by atoms with Gasteiger partial charge in [-0.05, 0) is 42.8 Å². The number of aryl methyl sites for hydroxylation is 1. The maximum Gasteiger partial charge on any atom is 0.255 e. The summed E-state index contributed by atoms with van der Waals surface area (Å²) in [6, 6.07) is 10.1. The molecule has 0 atom stereocenters. The standard InChI is InChI=1S/C19H20Cl2N2O2/c1-11-5-7-13(22-18(25)19(2,3)4)10-16(11)23-17(24)12-6-8-14(20)15(21)9-12/h5-10H,1-4H3,(H,22,25)(H,23,24). The lowest BCUT2D eigenvalue weighted by Crippen LogP contribution is -2.27. The predicted molar refractivity (Wildman–Crippen MR) is 104 cm³/mol. The van der Waals surface area contributed by atoms with Crippen molar-refractivity contribution in [2.75, 3.05) is 10.6 Å². The van der Waals surface area contributed by atoms with Crippen molar-refractivity contribution in [3.05, 3.63) is 57.6 Å². The third-order valence-electron chi connectivity index (χ3n) is 3.61. The summed E-state index contributed by atoms with van der Waals surface area (Å²) in [7, 11) is 0. The van der Waals surface area contributed by atoms with Gasteiger partial charge in [0.1, 0.15) is 0 Å². The Hall–Kier alpha value is -2.04. The zero-order valence-corrected chi connectivity index (χ0v) is 16.0. The maximum absolute atomic E-state index is 12.4. The first kappa shape index (κ1) is 19.3. The van der Waals surface area contributed by atoms with E-state index in [0.717, 1.165) is 5.56 Å². The van der Waals surface area contributed by atoms with Crippen molar-refractivity contribution in [2.45, 2.75) is 27.7 Å². The number of carbonyl (C=O) groups is 2. The minimum atomic E-state index is -0.506. The number of rotatable bonds is 3. The van der Waals surface area contributed by atoms with E-state index in [4.69, 9.17) is 23.2 Å². The van der Waals surface area contributed by atoms with Crippen LogP contribution in [0.2, 0.25) is 10.0 Å². The molecule has 0 bridgehead atoms. The SMILES string of the molecule is Cc1ccc(NC(=O)C(C)(C)C)cc1NC(=O)c1ccc(Cl)c(Cl)c1. The summed E-state index contributed by atoms with van der Waals surface area (Å²) >= 11 is 11.8. The monoisotopic (exact) mass is 378 g/mol. The zero-order chi connectivity index (χ0) is 18.8. The average Bonchev–Trinajstić information content (AvgIpc) is 2.52. The van der Waals surface area contributed by atoms with Crippen LogP contribution in [0.5, 0.6) is 0 Å². The van der Waals surface area contributed by atoms with Gasteiger partial charge in [0.2, 0.25) is 5.91 Å². The summed E-state index contributed by atoms with van der Waals surface area (Å²) < 4.78 is 0. The van der Waals surface area contributed by atoms with Crippen molar-refractivity contribution >= 4 is 46.4 Å². The lowest BCUT2D eigenvalue weighted by Gasteiger charge is -2.18. The highest BCUT2D eigenvalue weighted by Crippen LogP contribution is 2.25. The highest BCUT2D eigenvalue weighted by atomic mass is 35.5. The first-order chi connectivity index (χ1) is 11.6. The zero-order valence-electron chi connectivity index (χ0n) is 14.5. The van der Waals surface area contributed by atoms with Crippen molar-refractivity contribution in [3.63, 3.8) is 0 Å². The Morgan fingerprint density at radius 1 is 0.920 bits per heavy atom. The summed E-state index contributed by atoms with van der Waals surface area (Å²) in [6.07, 6.45) is 0. The number of hydrogen-bond donors (Lipinski definition) is 2. The molecule has 4 nitrogen and oxygen atoms in total. The van der Waals surface area contributed by atoms with E-state index >= 15 is 0 Å². The molecule has 0 saturated carbocycles. The minimum absolute atomic E-state index is 0.0990. The Balaban J connectivity index is 2.21. The number of anilines is 2. The van der Waals surface area contributed by atoms with E-state index in [1.54, 1.807) is 24.3 Å². The molecule has 25 heavy (non-hydrogen) atoms. The molecule has 0 aliphatic heterocycles. The Morgan fingerprint density at radius 2 is 1.60 bits per heavy atom. The van der Waals surface area contributed by atoms with Crippen LogP contribution in [0.15, 0.2) is 36.4 Å². The van der Waals surface area contributed by atoms with Crippen molar-refractivity contribution < 1.29 is 9.59 Å². The van der Waals surface area contributed by atoms with Crippen LogP contribution >= 0.6 is 23.2 Å². The number of hydrogen-bond acceptors (Lipinski definition) is 2. The van der Waals surface area contributed by atoms with Gasteiger partial charge < -0.3 is 10.6 Å². The molecular weight excluding hydrogens is 359 g/mol. The van der Waals surface area contributed by atoms with E-state index in [9.17, 15) is 9.59 Å². The van der Waals surface area contributed by atoms with Gasteiger partial charge in [-0.3, -0.25) is 9.59 Å². The molecule has 0 aliphatic rings. The van der Waals surface area contributed by atoms with E-state index in [1.165, 1.54) is 6.07 Å². The molecule has 2 aromatic rings. The highest BCUT2D eigenvalue weighted by molar-refractivity contribution is 6.42. The summed E-state index contributed by atoms with van der Waals surface area (Å²) in [5.41, 5.74) is 2.01. The lowest BCUT2D eigenvalue weighted by molar-refractivity contribution is -0.123. The van der Waals surface area contributed by atoms with Gasteiger partial charge in [-0.1, -0.05) is 50.0 Å². The van der Waals surface area contributed by atoms with Gasteiger partial charge in [0.05, 0.1) is 10.0 Å². The summed E-state index contributed by atoms with van der Waals surface area (Å²) in [5, 5.41) is 6.39. The molecule has 0 aliphatic carbocycles. The summed E-state index contributed by atoms with van der Waals surface area (Å²) in [5.74, 6) is -0.404. The lowest BCUT2D eigenvalue weighted by atomic mass is 9.95. The maximum atomic E-state index is 12.4. The first-order valence-electron chi connectivity index (χ1n) is 7.76. The quantitative estimate of drug-likeness (QED) is 0.736. The third-order valence-corrected chi connectivity index (χ3v) is 4.35. The normalized spacial score (nSPS) is 11.1. The Kier molecular flexibility index (Phi) is 5.76. The highest BCUT2D eigenvalue weighted by Gasteiger charge is 2.21. The summed E-state index contributed by atoms with van der Waals surface area (Å²) in [4.78, 5) is 24.5. The van der Waals surface area contributed by atoms with Gasteiger partial charge in [-0.25, -0.2) is 0 Å². The van der Waals surface area contributed by atoms with Crippen LogP contribution in [0.3, 0.4) is 0 Å². The molecular formula is C19H20Cl2N2O2. The fourth-order valence-corrected chi connectivity index (χ4v) is 2.28. The number of benzene rings is 2. The van der Waals surface area contributed by atoms with Crippen LogP contribution in [-0.4, -0.2) is 11.8 Å². The fourth-order valence-electron chi connectivity index (χ4n) is 1.98. The van der Waals surface area contributed by atoms with Gasteiger partial charge >= 0.3 is 0 Å². The molecule has 2 N–H and O–H groups in total. The smallest absolute Gasteiger partial charge is 0.255 e. The minimum Gasteiger partial charge on any atom is -0.326 e. The van der Waals surface area contributed by atoms with E-state index in [2.05, 4.69) is 10.6 Å². The van der Waals surface area contributed by atoms with Crippen LogP contribution in [0.4, 0.5) is 11.4 Å². The molecule has 6 heteroatoms. The fraction of sp³-hybridized carbons (Fsp3) is 0.263. The van der Waals surface area contributed by atoms with Crippen LogP contribution in [-0.2, 0) is 4.79 Å². The summed E-state index contributed by atoms with van der Waals surface area (Å²) in [6.45, 7) is 7.39. The second-order valence-corrected chi connectivity index (χ2v) is 7.63. The predicted octanol–water partition coefficient (Wildman–Crippen LogP) is 5.54. The van der Waals surface area contributed by atoms with Crippen LogP contribution < -0.4 is 10.6 Å². The van der Waals surface area contributed by atoms with Crippen LogP contribution in [0.1, 0.15) is 36.7 Å². The molecule has 132 valence electrons. The molecule has 2 rings (SSSR count). The topological polar surface area (TPSA) is 58.2 Å². The molecule has 0 unspecified atom stereocenters. The van der Waals surface area contributed by atoms with E-state index < -0.39 is 5.41 Å². The van der Waals surface area contributed by atoms with Gasteiger partial charge in [0, 0.05) is 22.4 Å². The number of carbonyl (C=O) groups excluding carboxylic acids is 2. The molecule has 0 fully saturated rings. The van der Waals surface area contributed by atoms with Crippen molar-refractivity contribution in [1.82, 2.24) is 0 Å². The van der Waals surface area contributed by atoms with Gasteiger partial charge in [0.25, 0.3) is 5.91 Å². The third kappa shape index (κ3) is 4.97. The largest absolute Gasteiger partial charge is 0.326 e. The van der Waals surface area contributed by atoms with Crippen molar-refractivity contribution in [2.24, 2.45) is 5.41 Å². The van der Waals surface area contributed by atoms with E-state index in [0.29, 0.717) is 27.0 Å². The molecule has 2 aromatic carbocycles. The molecule has 0 spiro atoms. The average molecular weight is 379 g/mol. The molecule has 0 aromatic heterocycles. The molecule has 0 heterocycles. The van der Waals surface area contributed by atoms with Crippen molar-refractivity contribution in [3.8, 4) is 0 Å². The second kappa shape index (κ2) is 7.46. The first-order valence-corrected chi connectivity index (χ1v) is 8.52. The number of halogens is 2. The van der Waals surface area contributed by atoms with Crippen LogP contribution in [0, 0.1) is 12.3 Å². The second-order valence-electron chi connectivity index (χ2n) is 6.82. The molecule has 0 saturated heterocycles. The van der Waals surface area contributed by atoms with E-state index in [-0.39, 0.29) is 11.8 Å². The van der Waals surface area contributed by atoms with E-state index in [1.807, 2.05) is 33.8 Å². The van der Waals surface area contributed by atoms with Gasteiger partial charge in [-0.15, -0.1) is 0 Å².